The van der Waals surface area contributed by atoms with Crippen LogP contribution < -0.4 is 16.4 Å². The van der Waals surface area contributed by atoms with Crippen molar-refractivity contribution < 1.29 is 31.5 Å². The Labute approximate surface area is 218 Å². The number of benzene rings is 1. The molecule has 0 amide bonds. The second-order valence-electron chi connectivity index (χ2n) is 8.92. The van der Waals surface area contributed by atoms with E-state index >= 15 is 0 Å². The first-order valence-corrected chi connectivity index (χ1v) is 14.6. The van der Waals surface area contributed by atoms with Crippen LogP contribution in [0.3, 0.4) is 0 Å². The van der Waals surface area contributed by atoms with Crippen LogP contribution in [-0.4, -0.2) is 87.4 Å². The number of thiazole rings is 1. The first-order chi connectivity index (χ1) is 17.7. The first kappa shape index (κ1) is 27.8. The van der Waals surface area contributed by atoms with Gasteiger partial charge in [0.25, 0.3) is 0 Å². The Morgan fingerprint density at radius 3 is 2.62 bits per heavy atom. The SMILES string of the molecule is Nc1nc(NC2CCN(S(=O)(=O)CCCNCC3COCCO3)CC2)sc1C(=O)c1c(F)cccc1F. The molecule has 204 valence electrons. The molecule has 4 N–H and O–H groups in total. The number of ether oxygens (including phenoxy) is 2. The van der Waals surface area contributed by atoms with Crippen molar-refractivity contribution in [3.63, 3.8) is 0 Å². The number of rotatable bonds is 11. The molecule has 4 rings (SSSR count). The molecule has 1 unspecified atom stereocenters. The number of carbonyl (C=O) groups is 1. The van der Waals surface area contributed by atoms with Crippen molar-refractivity contribution in [1.29, 1.82) is 0 Å². The summed E-state index contributed by atoms with van der Waals surface area (Å²) in [4.78, 5) is 16.7. The normalized spacial score (nSPS) is 19.7. The lowest BCUT2D eigenvalue weighted by Gasteiger charge is -2.31. The zero-order chi connectivity index (χ0) is 26.4. The lowest BCUT2D eigenvalue weighted by atomic mass is 10.1. The van der Waals surface area contributed by atoms with Crippen LogP contribution in [-0.2, 0) is 19.5 Å². The molecule has 0 aliphatic carbocycles. The van der Waals surface area contributed by atoms with Crippen LogP contribution in [0.15, 0.2) is 18.2 Å². The van der Waals surface area contributed by atoms with Gasteiger partial charge in [-0.15, -0.1) is 0 Å². The van der Waals surface area contributed by atoms with Gasteiger partial charge in [0.05, 0.1) is 37.2 Å². The second-order valence-corrected chi connectivity index (χ2v) is 12.0. The second kappa shape index (κ2) is 12.5. The number of ketones is 1. The molecule has 2 fully saturated rings. The van der Waals surface area contributed by atoms with E-state index in [9.17, 15) is 22.0 Å². The highest BCUT2D eigenvalue weighted by Crippen LogP contribution is 2.30. The zero-order valence-corrected chi connectivity index (χ0v) is 21.9. The van der Waals surface area contributed by atoms with Crippen LogP contribution in [0.1, 0.15) is 34.5 Å². The minimum absolute atomic E-state index is 0.0000541. The molecule has 0 bridgehead atoms. The maximum absolute atomic E-state index is 14.0. The lowest BCUT2D eigenvalue weighted by Crippen LogP contribution is -2.43. The van der Waals surface area contributed by atoms with E-state index in [0.717, 1.165) is 23.5 Å². The maximum atomic E-state index is 14.0. The molecule has 0 spiro atoms. The molecule has 2 aromatic rings. The standard InChI is InChI=1S/C23H31F2N5O5S2/c24-17-3-1-4-18(25)19(17)20(31)21-22(26)29-23(36-21)28-15-5-8-30(9-6-15)37(32,33)12-2-7-27-13-16-14-34-10-11-35-16/h1,3-4,15-16,27H,2,5-14,26H2,(H,28,29). The van der Waals surface area contributed by atoms with Crippen LogP contribution in [0.25, 0.3) is 0 Å². The van der Waals surface area contributed by atoms with Crippen molar-refractivity contribution >= 4 is 38.1 Å². The van der Waals surface area contributed by atoms with Gasteiger partial charge >= 0.3 is 0 Å². The van der Waals surface area contributed by atoms with Crippen molar-refractivity contribution in [3.8, 4) is 0 Å². The summed E-state index contributed by atoms with van der Waals surface area (Å²) < 4.78 is 65.9. The minimum Gasteiger partial charge on any atom is -0.382 e. The number of piperidine rings is 1. The number of hydrogen-bond donors (Lipinski definition) is 3. The van der Waals surface area contributed by atoms with Crippen LogP contribution in [0.5, 0.6) is 0 Å². The van der Waals surface area contributed by atoms with Gasteiger partial charge in [-0.1, -0.05) is 17.4 Å². The number of hydrogen-bond acceptors (Lipinski definition) is 10. The molecule has 2 aliphatic rings. The predicted octanol–water partition coefficient (Wildman–Crippen LogP) is 1.84. The van der Waals surface area contributed by atoms with E-state index in [-0.39, 0.29) is 28.6 Å². The summed E-state index contributed by atoms with van der Waals surface area (Å²) in [5.41, 5.74) is 5.19. The molecule has 1 atom stereocenters. The Hall–Kier alpha value is -2.23. The fourth-order valence-electron chi connectivity index (χ4n) is 4.26. The van der Waals surface area contributed by atoms with E-state index < -0.39 is 33.0 Å². The lowest BCUT2D eigenvalue weighted by molar-refractivity contribution is -0.0862. The van der Waals surface area contributed by atoms with Crippen molar-refractivity contribution in [1.82, 2.24) is 14.6 Å². The van der Waals surface area contributed by atoms with Crippen molar-refractivity contribution in [2.45, 2.75) is 31.4 Å². The number of nitrogens with one attached hydrogen (secondary N) is 2. The molecule has 1 aromatic heterocycles. The van der Waals surface area contributed by atoms with Crippen molar-refractivity contribution in [2.75, 3.05) is 62.8 Å². The highest BCUT2D eigenvalue weighted by molar-refractivity contribution is 7.89. The first-order valence-electron chi connectivity index (χ1n) is 12.1. The molecule has 0 radical (unpaired) electrons. The Morgan fingerprint density at radius 1 is 1.22 bits per heavy atom. The molecule has 10 nitrogen and oxygen atoms in total. The molecular weight excluding hydrogens is 528 g/mol. The summed E-state index contributed by atoms with van der Waals surface area (Å²) in [5.74, 6) is -2.86. The van der Waals surface area contributed by atoms with Crippen LogP contribution in [0, 0.1) is 11.6 Å². The fourth-order valence-corrected chi connectivity index (χ4v) is 6.71. The summed E-state index contributed by atoms with van der Waals surface area (Å²) in [6.45, 7) is 3.64. The molecular formula is C23H31F2N5O5S2. The van der Waals surface area contributed by atoms with Gasteiger partial charge in [-0.25, -0.2) is 26.5 Å². The number of nitrogens with zero attached hydrogens (tertiary/aromatic N) is 2. The number of nitrogens with two attached hydrogens (primary N) is 1. The van der Waals surface area contributed by atoms with Gasteiger partial charge in [-0.3, -0.25) is 4.79 Å². The summed E-state index contributed by atoms with van der Waals surface area (Å²) in [5, 5.41) is 6.74. The number of aromatic nitrogens is 1. The number of carbonyl (C=O) groups excluding carboxylic acids is 1. The highest BCUT2D eigenvalue weighted by Gasteiger charge is 2.29. The summed E-state index contributed by atoms with van der Waals surface area (Å²) >= 11 is 0.920. The monoisotopic (exact) mass is 559 g/mol. The quantitative estimate of drug-likeness (QED) is 0.278. The molecule has 37 heavy (non-hydrogen) atoms. The van der Waals surface area contributed by atoms with Gasteiger partial charge in [0.2, 0.25) is 15.8 Å². The average Bonchev–Trinajstić information content (AvgIpc) is 3.24. The molecule has 0 saturated carbocycles. The van der Waals surface area contributed by atoms with E-state index in [0.29, 0.717) is 70.4 Å². The van der Waals surface area contributed by atoms with Gasteiger partial charge in [0.15, 0.2) is 5.13 Å². The third kappa shape index (κ3) is 7.21. The van der Waals surface area contributed by atoms with Crippen LogP contribution in [0.2, 0.25) is 0 Å². The fraction of sp³-hybridized carbons (Fsp3) is 0.565. The maximum Gasteiger partial charge on any atom is 0.214 e. The summed E-state index contributed by atoms with van der Waals surface area (Å²) in [6, 6.07) is 3.11. The van der Waals surface area contributed by atoms with Crippen LogP contribution >= 0.6 is 11.3 Å². The van der Waals surface area contributed by atoms with Gasteiger partial charge in [-0.2, -0.15) is 0 Å². The predicted molar refractivity (Wildman–Crippen MR) is 136 cm³/mol. The van der Waals surface area contributed by atoms with Gasteiger partial charge in [0.1, 0.15) is 22.3 Å². The number of anilines is 2. The molecule has 1 aromatic carbocycles. The zero-order valence-electron chi connectivity index (χ0n) is 20.3. The van der Waals surface area contributed by atoms with E-state index in [4.69, 9.17) is 15.2 Å². The molecule has 2 saturated heterocycles. The van der Waals surface area contributed by atoms with Gasteiger partial charge in [-0.05, 0) is 37.9 Å². The van der Waals surface area contributed by atoms with E-state index in [1.165, 1.54) is 10.4 Å². The minimum atomic E-state index is -3.38. The number of halogens is 2. The Bertz CT molecular complexity index is 1160. The molecule has 2 aliphatic heterocycles. The summed E-state index contributed by atoms with van der Waals surface area (Å²) in [7, 11) is -3.38. The molecule has 14 heteroatoms. The number of sulfonamides is 1. The van der Waals surface area contributed by atoms with Crippen molar-refractivity contribution in [2.24, 2.45) is 0 Å². The average molecular weight is 560 g/mol. The third-order valence-corrected chi connectivity index (χ3v) is 9.19. The van der Waals surface area contributed by atoms with E-state index in [1.54, 1.807) is 0 Å². The summed E-state index contributed by atoms with van der Waals surface area (Å²) in [6.07, 6.45) is 1.58. The van der Waals surface area contributed by atoms with Crippen molar-refractivity contribution in [3.05, 3.63) is 40.3 Å². The Morgan fingerprint density at radius 2 is 1.95 bits per heavy atom. The molecule has 3 heterocycles. The largest absolute Gasteiger partial charge is 0.382 e. The smallest absolute Gasteiger partial charge is 0.214 e. The number of nitrogen functional groups attached to an aromatic ring is 1. The van der Waals surface area contributed by atoms with Gasteiger partial charge < -0.3 is 25.8 Å². The van der Waals surface area contributed by atoms with E-state index in [1.807, 2.05) is 0 Å². The topological polar surface area (TPSA) is 136 Å². The highest BCUT2D eigenvalue weighted by atomic mass is 32.2. The van der Waals surface area contributed by atoms with Gasteiger partial charge in [0, 0.05) is 25.7 Å². The Kier molecular flexibility index (Phi) is 9.42. The van der Waals surface area contributed by atoms with E-state index in [2.05, 4.69) is 15.6 Å². The Balaban J connectivity index is 1.23. The third-order valence-electron chi connectivity index (χ3n) is 6.24. The van der Waals surface area contributed by atoms with Crippen LogP contribution in [0.4, 0.5) is 19.7 Å².